The number of nitrogens with one attached hydrogen (secondary N) is 1. The summed E-state index contributed by atoms with van der Waals surface area (Å²) in [6, 6.07) is 11.4. The summed E-state index contributed by atoms with van der Waals surface area (Å²) in [6.07, 6.45) is 1.42. The number of hydrogen-bond donors (Lipinski definition) is 2. The van der Waals surface area contributed by atoms with Crippen LogP contribution in [0.4, 0.5) is 0 Å². The number of aliphatic hydroxyl groups excluding tert-OH is 1. The van der Waals surface area contributed by atoms with Crippen molar-refractivity contribution >= 4 is 21.8 Å². The summed E-state index contributed by atoms with van der Waals surface area (Å²) < 4.78 is 0.792. The number of aromatic nitrogens is 1. The van der Waals surface area contributed by atoms with Crippen molar-refractivity contribution in [1.29, 1.82) is 0 Å². The number of pyridine rings is 1. The fourth-order valence-electron chi connectivity index (χ4n) is 1.90. The van der Waals surface area contributed by atoms with Crippen LogP contribution in [0.3, 0.4) is 0 Å². The second-order valence-corrected chi connectivity index (χ2v) is 5.70. The van der Waals surface area contributed by atoms with Gasteiger partial charge in [0.15, 0.2) is 0 Å². The minimum atomic E-state index is -0.613. The maximum absolute atomic E-state index is 12.0. The van der Waals surface area contributed by atoms with Gasteiger partial charge in [0.2, 0.25) is 0 Å². The topological polar surface area (TPSA) is 62.2 Å². The Bertz CT molecular complexity index is 617. The lowest BCUT2D eigenvalue weighted by molar-refractivity contribution is 0.0915. The molecule has 110 valence electrons. The molecule has 4 nitrogen and oxygen atoms in total. The van der Waals surface area contributed by atoms with Gasteiger partial charge in [0.1, 0.15) is 0 Å². The van der Waals surface area contributed by atoms with E-state index in [1.54, 1.807) is 6.07 Å². The van der Waals surface area contributed by atoms with Crippen LogP contribution >= 0.6 is 15.9 Å². The number of amides is 1. The van der Waals surface area contributed by atoms with E-state index in [0.29, 0.717) is 12.0 Å². The van der Waals surface area contributed by atoms with Crippen LogP contribution in [0.5, 0.6) is 0 Å². The molecule has 2 aromatic rings. The summed E-state index contributed by atoms with van der Waals surface area (Å²) in [4.78, 5) is 16.1. The number of nitrogens with zero attached hydrogens (tertiary/aromatic N) is 1. The van der Waals surface area contributed by atoms with E-state index in [-0.39, 0.29) is 12.5 Å². The molecule has 0 bridgehead atoms. The van der Waals surface area contributed by atoms with Gasteiger partial charge in [-0.25, -0.2) is 0 Å². The van der Waals surface area contributed by atoms with Gasteiger partial charge < -0.3 is 10.4 Å². The van der Waals surface area contributed by atoms with Crippen LogP contribution in [0, 0.1) is 6.92 Å². The highest BCUT2D eigenvalue weighted by Gasteiger charge is 2.11. The van der Waals surface area contributed by atoms with Crippen molar-refractivity contribution in [2.45, 2.75) is 19.4 Å². The summed E-state index contributed by atoms with van der Waals surface area (Å²) in [5.41, 5.74) is 2.34. The van der Waals surface area contributed by atoms with Crippen molar-refractivity contribution in [3.8, 4) is 0 Å². The average Bonchev–Trinajstić information content (AvgIpc) is 2.48. The number of halogens is 1. The van der Waals surface area contributed by atoms with E-state index in [9.17, 15) is 9.90 Å². The zero-order valence-electron chi connectivity index (χ0n) is 11.7. The van der Waals surface area contributed by atoms with Gasteiger partial charge in [-0.1, -0.05) is 30.3 Å². The van der Waals surface area contributed by atoms with Crippen LogP contribution < -0.4 is 5.32 Å². The lowest BCUT2D eigenvalue weighted by Gasteiger charge is -2.12. The lowest BCUT2D eigenvalue weighted by Crippen LogP contribution is -2.33. The van der Waals surface area contributed by atoms with Gasteiger partial charge >= 0.3 is 0 Å². The van der Waals surface area contributed by atoms with Crippen molar-refractivity contribution in [1.82, 2.24) is 10.3 Å². The van der Waals surface area contributed by atoms with Gasteiger partial charge in [0, 0.05) is 23.6 Å². The Morgan fingerprint density at radius 1 is 1.38 bits per heavy atom. The molecule has 21 heavy (non-hydrogen) atoms. The molecule has 0 aliphatic carbocycles. The molecule has 2 N–H and O–H groups in total. The zero-order valence-corrected chi connectivity index (χ0v) is 13.3. The summed E-state index contributed by atoms with van der Waals surface area (Å²) >= 11 is 3.35. The van der Waals surface area contributed by atoms with Crippen LogP contribution in [-0.2, 0) is 6.42 Å². The maximum Gasteiger partial charge on any atom is 0.252 e. The molecule has 0 saturated carbocycles. The van der Waals surface area contributed by atoms with Gasteiger partial charge in [-0.3, -0.25) is 9.78 Å². The summed E-state index contributed by atoms with van der Waals surface area (Å²) in [6.45, 7) is 2.06. The SMILES string of the molecule is Cc1ncc(C(=O)NCC(O)Cc2ccccc2)cc1Br. The standard InChI is InChI=1S/C16H17BrN2O2/c1-11-15(17)8-13(9-18-11)16(21)19-10-14(20)7-12-5-3-2-4-6-12/h2-6,8-9,14,20H,7,10H2,1H3,(H,19,21). The van der Waals surface area contributed by atoms with E-state index >= 15 is 0 Å². The monoisotopic (exact) mass is 348 g/mol. The van der Waals surface area contributed by atoms with E-state index in [1.807, 2.05) is 37.3 Å². The zero-order chi connectivity index (χ0) is 15.2. The summed E-state index contributed by atoms with van der Waals surface area (Å²) in [5, 5.41) is 12.7. The molecule has 1 atom stereocenters. The van der Waals surface area contributed by atoms with Gasteiger partial charge in [0.05, 0.1) is 17.4 Å². The number of benzene rings is 1. The molecular formula is C16H17BrN2O2. The minimum absolute atomic E-state index is 0.208. The van der Waals surface area contributed by atoms with E-state index < -0.39 is 6.10 Å². The first kappa shape index (κ1) is 15.7. The predicted molar refractivity (Wildman–Crippen MR) is 85.2 cm³/mol. The first-order valence-electron chi connectivity index (χ1n) is 6.68. The van der Waals surface area contributed by atoms with Gasteiger partial charge in [0.25, 0.3) is 5.91 Å². The number of aryl methyl sites for hydroxylation is 1. The molecule has 0 radical (unpaired) electrons. The third-order valence-electron chi connectivity index (χ3n) is 3.10. The molecule has 5 heteroatoms. The van der Waals surface area contributed by atoms with Crippen molar-refractivity contribution in [3.63, 3.8) is 0 Å². The Labute approximate surface area is 132 Å². The molecule has 0 saturated heterocycles. The summed E-state index contributed by atoms with van der Waals surface area (Å²) in [5.74, 6) is -0.240. The Balaban J connectivity index is 1.87. The number of hydrogen-bond acceptors (Lipinski definition) is 3. The second kappa shape index (κ2) is 7.33. The highest BCUT2D eigenvalue weighted by Crippen LogP contribution is 2.14. The van der Waals surface area contributed by atoms with Crippen LogP contribution in [0.2, 0.25) is 0 Å². The average molecular weight is 349 g/mol. The van der Waals surface area contributed by atoms with Gasteiger partial charge in [-0.05, 0) is 34.5 Å². The Hall–Kier alpha value is -1.72. The normalized spacial score (nSPS) is 12.0. The van der Waals surface area contributed by atoms with Crippen LogP contribution in [0.15, 0.2) is 47.1 Å². The van der Waals surface area contributed by atoms with Crippen LogP contribution in [-0.4, -0.2) is 28.6 Å². The summed E-state index contributed by atoms with van der Waals surface area (Å²) in [7, 11) is 0. The van der Waals surface area contributed by atoms with Gasteiger partial charge in [-0.2, -0.15) is 0 Å². The molecule has 2 rings (SSSR count). The van der Waals surface area contributed by atoms with E-state index in [1.165, 1.54) is 6.20 Å². The van der Waals surface area contributed by atoms with Crippen molar-refractivity contribution in [2.75, 3.05) is 6.54 Å². The van der Waals surface area contributed by atoms with Crippen molar-refractivity contribution < 1.29 is 9.90 Å². The highest BCUT2D eigenvalue weighted by atomic mass is 79.9. The van der Waals surface area contributed by atoms with E-state index in [0.717, 1.165) is 15.7 Å². The molecule has 1 amide bonds. The minimum Gasteiger partial charge on any atom is -0.391 e. The molecule has 0 aliphatic heterocycles. The Morgan fingerprint density at radius 2 is 2.10 bits per heavy atom. The van der Waals surface area contributed by atoms with Crippen LogP contribution in [0.1, 0.15) is 21.6 Å². The smallest absolute Gasteiger partial charge is 0.252 e. The molecule has 1 aromatic heterocycles. The van der Waals surface area contributed by atoms with Gasteiger partial charge in [-0.15, -0.1) is 0 Å². The number of carbonyl (C=O) groups excluding carboxylic acids is 1. The molecule has 1 aromatic carbocycles. The maximum atomic E-state index is 12.0. The Morgan fingerprint density at radius 3 is 2.76 bits per heavy atom. The van der Waals surface area contributed by atoms with Crippen molar-refractivity contribution in [2.24, 2.45) is 0 Å². The molecule has 0 aliphatic rings. The molecule has 1 heterocycles. The number of carbonyl (C=O) groups is 1. The Kier molecular flexibility index (Phi) is 5.47. The predicted octanol–water partition coefficient (Wildman–Crippen LogP) is 2.49. The molecule has 0 spiro atoms. The second-order valence-electron chi connectivity index (χ2n) is 4.84. The van der Waals surface area contributed by atoms with Crippen LogP contribution in [0.25, 0.3) is 0 Å². The largest absolute Gasteiger partial charge is 0.391 e. The first-order chi connectivity index (χ1) is 10.1. The van der Waals surface area contributed by atoms with E-state index in [4.69, 9.17) is 0 Å². The third kappa shape index (κ3) is 4.65. The number of rotatable bonds is 5. The fourth-order valence-corrected chi connectivity index (χ4v) is 2.25. The highest BCUT2D eigenvalue weighted by molar-refractivity contribution is 9.10. The third-order valence-corrected chi connectivity index (χ3v) is 3.90. The van der Waals surface area contributed by atoms with Crippen molar-refractivity contribution in [3.05, 3.63) is 63.9 Å². The molecule has 0 fully saturated rings. The fraction of sp³-hybridized carbons (Fsp3) is 0.250. The lowest BCUT2D eigenvalue weighted by atomic mass is 10.1. The quantitative estimate of drug-likeness (QED) is 0.872. The molecule has 1 unspecified atom stereocenters. The number of aliphatic hydroxyl groups is 1. The molecular weight excluding hydrogens is 332 g/mol. The first-order valence-corrected chi connectivity index (χ1v) is 7.48. The van der Waals surface area contributed by atoms with E-state index in [2.05, 4.69) is 26.2 Å².